The molecule has 1 aromatic rings. The van der Waals surface area contributed by atoms with Crippen LogP contribution >= 0.6 is 23.2 Å². The van der Waals surface area contributed by atoms with Gasteiger partial charge in [-0.25, -0.2) is 0 Å². The highest BCUT2D eigenvalue weighted by molar-refractivity contribution is 6.35. The summed E-state index contributed by atoms with van der Waals surface area (Å²) < 4.78 is 0. The minimum Gasteiger partial charge on any atom is -0.339 e. The molecule has 3 aliphatic rings. The van der Waals surface area contributed by atoms with Gasteiger partial charge in [0.15, 0.2) is 0 Å². The second kappa shape index (κ2) is 10.6. The van der Waals surface area contributed by atoms with Crippen LogP contribution < -0.4 is 0 Å². The number of likely N-dealkylation sites (tertiary alicyclic amines) is 2. The van der Waals surface area contributed by atoms with Crippen LogP contribution in [-0.2, 0) is 9.59 Å². The highest BCUT2D eigenvalue weighted by Gasteiger charge is 2.38. The van der Waals surface area contributed by atoms with Gasteiger partial charge >= 0.3 is 0 Å². The average Bonchev–Trinajstić information content (AvgIpc) is 3.30. The number of hydrogen-bond acceptors (Lipinski definition) is 4. The second-order valence-electron chi connectivity index (χ2n) is 9.31. The highest BCUT2D eigenvalue weighted by atomic mass is 35.5. The molecule has 0 spiro atoms. The summed E-state index contributed by atoms with van der Waals surface area (Å²) in [6, 6.07) is 4.65. The number of piperazine rings is 1. The third kappa shape index (κ3) is 5.47. The molecule has 2 unspecified atom stereocenters. The van der Waals surface area contributed by atoms with Gasteiger partial charge in [-0.3, -0.25) is 19.3 Å². The smallest absolute Gasteiger partial charge is 0.256 e. The number of amides is 3. The first-order valence-electron chi connectivity index (χ1n) is 11.9. The molecule has 0 saturated carbocycles. The van der Waals surface area contributed by atoms with Gasteiger partial charge in [-0.2, -0.15) is 0 Å². The van der Waals surface area contributed by atoms with Crippen molar-refractivity contribution in [2.24, 2.45) is 0 Å². The molecule has 3 amide bonds. The molecule has 0 radical (unpaired) electrons. The summed E-state index contributed by atoms with van der Waals surface area (Å²) in [4.78, 5) is 46.8. The number of piperidine rings is 1. The van der Waals surface area contributed by atoms with Crippen LogP contribution in [0.15, 0.2) is 18.2 Å². The monoisotopic (exact) mass is 494 g/mol. The first kappa shape index (κ1) is 24.3. The van der Waals surface area contributed by atoms with E-state index in [0.717, 1.165) is 25.8 Å². The number of halogens is 2. The summed E-state index contributed by atoms with van der Waals surface area (Å²) in [5.41, 5.74) is 0.333. The molecule has 0 aromatic heterocycles. The van der Waals surface area contributed by atoms with Gasteiger partial charge in [0, 0.05) is 50.3 Å². The normalized spacial score (nSPS) is 24.3. The molecule has 3 saturated heterocycles. The van der Waals surface area contributed by atoms with E-state index in [1.165, 1.54) is 6.42 Å². The number of benzene rings is 1. The van der Waals surface area contributed by atoms with Gasteiger partial charge in [-0.15, -0.1) is 0 Å². The van der Waals surface area contributed by atoms with Crippen molar-refractivity contribution in [3.05, 3.63) is 33.8 Å². The maximum atomic E-state index is 13.3. The quantitative estimate of drug-likeness (QED) is 0.644. The lowest BCUT2D eigenvalue weighted by molar-refractivity contribution is -0.139. The van der Waals surface area contributed by atoms with E-state index in [2.05, 4.69) is 11.8 Å². The van der Waals surface area contributed by atoms with Gasteiger partial charge in [0.1, 0.15) is 6.04 Å². The van der Waals surface area contributed by atoms with Crippen molar-refractivity contribution in [2.75, 3.05) is 45.8 Å². The molecule has 2 atom stereocenters. The third-order valence-corrected chi connectivity index (χ3v) is 7.69. The van der Waals surface area contributed by atoms with Gasteiger partial charge in [-0.05, 0) is 57.2 Å². The van der Waals surface area contributed by atoms with E-state index in [4.69, 9.17) is 23.2 Å². The molecule has 33 heavy (non-hydrogen) atoms. The summed E-state index contributed by atoms with van der Waals surface area (Å²) in [6.07, 6.45) is 4.77. The predicted octanol–water partition coefficient (Wildman–Crippen LogP) is 3.14. The maximum absolute atomic E-state index is 13.3. The Morgan fingerprint density at radius 2 is 1.64 bits per heavy atom. The zero-order valence-electron chi connectivity index (χ0n) is 19.1. The fourth-order valence-electron chi connectivity index (χ4n) is 5.17. The highest BCUT2D eigenvalue weighted by Crippen LogP contribution is 2.27. The Morgan fingerprint density at radius 1 is 0.909 bits per heavy atom. The molecule has 9 heteroatoms. The van der Waals surface area contributed by atoms with Crippen LogP contribution in [0.4, 0.5) is 0 Å². The molecule has 3 heterocycles. The molecular weight excluding hydrogens is 463 g/mol. The van der Waals surface area contributed by atoms with Crippen molar-refractivity contribution < 1.29 is 14.4 Å². The minimum atomic E-state index is -0.477. The number of carbonyl (C=O) groups excluding carboxylic acids is 3. The standard InChI is InChI=1S/C24H32Cl2N4O3/c1-17-5-2-3-9-29(17)22(31)16-27-11-13-28(14-12-27)24(33)21-6-4-10-30(21)23(32)19-15-18(25)7-8-20(19)26/h7-8,15,17,21H,2-6,9-14,16H2,1H3. The zero-order valence-corrected chi connectivity index (χ0v) is 20.7. The van der Waals surface area contributed by atoms with Gasteiger partial charge in [0.2, 0.25) is 11.8 Å². The van der Waals surface area contributed by atoms with E-state index in [9.17, 15) is 14.4 Å². The van der Waals surface area contributed by atoms with Gasteiger partial charge in [0.05, 0.1) is 17.1 Å². The summed E-state index contributed by atoms with van der Waals surface area (Å²) in [5, 5.41) is 0.776. The zero-order chi connectivity index (χ0) is 23.5. The van der Waals surface area contributed by atoms with Gasteiger partial charge in [0.25, 0.3) is 5.91 Å². The molecule has 7 nitrogen and oxygen atoms in total. The molecule has 3 fully saturated rings. The minimum absolute atomic E-state index is 0.0189. The Balaban J connectivity index is 1.33. The molecule has 1 aromatic carbocycles. The molecule has 3 aliphatic heterocycles. The Hall–Kier alpha value is -1.83. The fourth-order valence-corrected chi connectivity index (χ4v) is 5.54. The van der Waals surface area contributed by atoms with Crippen molar-refractivity contribution in [3.63, 3.8) is 0 Å². The number of nitrogens with zero attached hydrogens (tertiary/aromatic N) is 4. The third-order valence-electron chi connectivity index (χ3n) is 7.12. The summed E-state index contributed by atoms with van der Waals surface area (Å²) in [5.74, 6) is -0.0826. The fraction of sp³-hybridized carbons (Fsp3) is 0.625. The largest absolute Gasteiger partial charge is 0.339 e. The molecule has 180 valence electrons. The van der Waals surface area contributed by atoms with Crippen LogP contribution in [0.2, 0.25) is 10.0 Å². The lowest BCUT2D eigenvalue weighted by Gasteiger charge is -2.39. The van der Waals surface area contributed by atoms with Crippen molar-refractivity contribution >= 4 is 40.9 Å². The second-order valence-corrected chi connectivity index (χ2v) is 10.2. The van der Waals surface area contributed by atoms with Crippen molar-refractivity contribution in [2.45, 2.75) is 51.1 Å². The Kier molecular flexibility index (Phi) is 7.82. The summed E-state index contributed by atoms with van der Waals surface area (Å²) in [7, 11) is 0. The number of rotatable bonds is 4. The molecule has 0 N–H and O–H groups in total. The molecule has 4 rings (SSSR count). The lowest BCUT2D eigenvalue weighted by Crippen LogP contribution is -2.56. The van der Waals surface area contributed by atoms with Crippen molar-refractivity contribution in [1.82, 2.24) is 19.6 Å². The molecule has 0 aliphatic carbocycles. The Labute approximate surface area is 205 Å². The van der Waals surface area contributed by atoms with E-state index >= 15 is 0 Å². The van der Waals surface area contributed by atoms with E-state index in [1.54, 1.807) is 23.1 Å². The first-order valence-corrected chi connectivity index (χ1v) is 12.7. The van der Waals surface area contributed by atoms with Crippen LogP contribution in [-0.4, -0.2) is 95.2 Å². The van der Waals surface area contributed by atoms with E-state index in [1.807, 2.05) is 9.80 Å². The van der Waals surface area contributed by atoms with Crippen LogP contribution in [0.5, 0.6) is 0 Å². The first-order chi connectivity index (χ1) is 15.8. The maximum Gasteiger partial charge on any atom is 0.256 e. The number of hydrogen-bond donors (Lipinski definition) is 0. The Morgan fingerprint density at radius 3 is 2.36 bits per heavy atom. The summed E-state index contributed by atoms with van der Waals surface area (Å²) >= 11 is 12.3. The predicted molar refractivity (Wildman–Crippen MR) is 129 cm³/mol. The molecule has 0 bridgehead atoms. The van der Waals surface area contributed by atoms with E-state index in [-0.39, 0.29) is 17.7 Å². The molecular formula is C24H32Cl2N4O3. The van der Waals surface area contributed by atoms with Crippen molar-refractivity contribution in [1.29, 1.82) is 0 Å². The van der Waals surface area contributed by atoms with Crippen LogP contribution in [0, 0.1) is 0 Å². The number of carbonyl (C=O) groups is 3. The van der Waals surface area contributed by atoms with Gasteiger partial charge in [-0.1, -0.05) is 23.2 Å². The van der Waals surface area contributed by atoms with Crippen LogP contribution in [0.1, 0.15) is 49.4 Å². The average molecular weight is 495 g/mol. The Bertz CT molecular complexity index is 904. The van der Waals surface area contributed by atoms with E-state index < -0.39 is 6.04 Å². The van der Waals surface area contributed by atoms with Crippen molar-refractivity contribution in [3.8, 4) is 0 Å². The van der Waals surface area contributed by atoms with E-state index in [0.29, 0.717) is 67.3 Å². The topological polar surface area (TPSA) is 64.2 Å². The van der Waals surface area contributed by atoms with Crippen LogP contribution in [0.25, 0.3) is 0 Å². The lowest BCUT2D eigenvalue weighted by atomic mass is 10.0. The SMILES string of the molecule is CC1CCCCN1C(=O)CN1CCN(C(=O)C2CCCN2C(=O)c2cc(Cl)ccc2Cl)CC1. The van der Waals surface area contributed by atoms with Crippen LogP contribution in [0.3, 0.4) is 0 Å². The summed E-state index contributed by atoms with van der Waals surface area (Å²) in [6.45, 7) is 6.38. The van der Waals surface area contributed by atoms with Gasteiger partial charge < -0.3 is 14.7 Å².